The summed E-state index contributed by atoms with van der Waals surface area (Å²) in [5.74, 6) is -3.03. The molecule has 2 heterocycles. The van der Waals surface area contributed by atoms with E-state index < -0.39 is 11.8 Å². The van der Waals surface area contributed by atoms with Gasteiger partial charge in [0.25, 0.3) is 5.89 Å². The molecule has 2 aromatic heterocycles. The highest BCUT2D eigenvalue weighted by molar-refractivity contribution is 14.1. The lowest BCUT2D eigenvalue weighted by Gasteiger charge is -2.27. The van der Waals surface area contributed by atoms with E-state index in [1.807, 2.05) is 22.6 Å². The van der Waals surface area contributed by atoms with Crippen LogP contribution in [0.15, 0.2) is 16.8 Å². The first-order valence-corrected chi connectivity index (χ1v) is 9.57. The molecular weight excluding hydrogens is 460 g/mol. The van der Waals surface area contributed by atoms with Gasteiger partial charge in [0.2, 0.25) is 0 Å². The molecule has 0 aliphatic heterocycles. The van der Waals surface area contributed by atoms with Crippen LogP contribution in [0.3, 0.4) is 0 Å². The van der Waals surface area contributed by atoms with Gasteiger partial charge in [-0.25, -0.2) is 9.37 Å². The third-order valence-corrected chi connectivity index (χ3v) is 6.54. The summed E-state index contributed by atoms with van der Waals surface area (Å²) in [5.41, 5.74) is -0.226. The van der Waals surface area contributed by atoms with Crippen LogP contribution in [0.2, 0.25) is 0 Å². The minimum Gasteiger partial charge on any atom is -0.369 e. The first-order valence-electron chi connectivity index (χ1n) is 8.49. The number of aromatic nitrogens is 3. The molecule has 4 rings (SSSR count). The quantitative estimate of drug-likeness (QED) is 0.635. The van der Waals surface area contributed by atoms with E-state index in [1.165, 1.54) is 6.20 Å². The lowest BCUT2D eigenvalue weighted by atomic mass is 9.81. The van der Waals surface area contributed by atoms with Crippen LogP contribution < -0.4 is 5.32 Å². The van der Waals surface area contributed by atoms with Crippen LogP contribution in [0.1, 0.15) is 50.7 Å². The molecule has 140 valence electrons. The van der Waals surface area contributed by atoms with Gasteiger partial charge < -0.3 is 9.84 Å². The molecule has 2 saturated carbocycles. The van der Waals surface area contributed by atoms with Gasteiger partial charge >= 0.3 is 5.92 Å². The second-order valence-electron chi connectivity index (χ2n) is 7.61. The fourth-order valence-corrected chi connectivity index (χ4v) is 4.71. The summed E-state index contributed by atoms with van der Waals surface area (Å²) >= 11 is 1.93. The predicted molar refractivity (Wildman–Crippen MR) is 96.5 cm³/mol. The molecule has 0 aromatic carbocycles. The average Bonchev–Trinajstić information content (AvgIpc) is 3.29. The largest absolute Gasteiger partial charge is 0.369 e. The molecule has 5 nitrogen and oxygen atoms in total. The van der Waals surface area contributed by atoms with Gasteiger partial charge in [-0.05, 0) is 66.2 Å². The zero-order chi connectivity index (χ0) is 18.6. The summed E-state index contributed by atoms with van der Waals surface area (Å²) in [5, 5.41) is 7.17. The number of alkyl halides is 2. The molecule has 26 heavy (non-hydrogen) atoms. The number of nitrogens with zero attached hydrogens (tertiary/aromatic N) is 3. The maximum absolute atomic E-state index is 13.4. The summed E-state index contributed by atoms with van der Waals surface area (Å²) in [6.07, 6.45) is 5.69. The van der Waals surface area contributed by atoms with Crippen LogP contribution in [0, 0.1) is 14.8 Å². The van der Waals surface area contributed by atoms with Crippen molar-refractivity contribution in [2.75, 3.05) is 11.9 Å². The van der Waals surface area contributed by atoms with Crippen molar-refractivity contribution in [1.82, 2.24) is 15.1 Å². The highest BCUT2D eigenvalue weighted by Crippen LogP contribution is 2.61. The summed E-state index contributed by atoms with van der Waals surface area (Å²) in [6, 6.07) is 1.68. The van der Waals surface area contributed by atoms with Gasteiger partial charge in [0.1, 0.15) is 5.82 Å². The number of hydrogen-bond acceptors (Lipinski definition) is 5. The Kier molecular flexibility index (Phi) is 4.20. The van der Waals surface area contributed by atoms with Crippen LogP contribution in [-0.2, 0) is 11.3 Å². The van der Waals surface area contributed by atoms with E-state index >= 15 is 0 Å². The SMILES string of the molecule is CC(F)(F)c1nc(C23CCC(CNc4cc(I)c(F)cn4)(CC2)C3)no1. The number of nitrogens with one attached hydrogen (secondary N) is 1. The van der Waals surface area contributed by atoms with Gasteiger partial charge in [-0.3, -0.25) is 0 Å². The van der Waals surface area contributed by atoms with Crippen LogP contribution in [0.5, 0.6) is 0 Å². The molecular formula is C17H18F3IN4O. The Morgan fingerprint density at radius 2 is 2.04 bits per heavy atom. The molecule has 0 spiro atoms. The van der Waals surface area contributed by atoms with Gasteiger partial charge in [0, 0.05) is 18.9 Å². The Morgan fingerprint density at radius 1 is 1.31 bits per heavy atom. The molecule has 0 saturated heterocycles. The van der Waals surface area contributed by atoms with Crippen molar-refractivity contribution >= 4 is 28.4 Å². The zero-order valence-corrected chi connectivity index (χ0v) is 16.3. The average molecular weight is 478 g/mol. The smallest absolute Gasteiger partial charge is 0.322 e. The molecule has 2 bridgehead atoms. The van der Waals surface area contributed by atoms with Crippen molar-refractivity contribution in [2.45, 2.75) is 50.4 Å². The van der Waals surface area contributed by atoms with Gasteiger partial charge in [0.05, 0.1) is 9.77 Å². The molecule has 2 fully saturated rings. The minimum absolute atomic E-state index is 0.0526. The monoisotopic (exact) mass is 478 g/mol. The van der Waals surface area contributed by atoms with Gasteiger partial charge in [-0.15, -0.1) is 0 Å². The standard InChI is InChI=1S/C17H18F3IN4O/c1-15(19,20)14-24-13(25-26-14)17-4-2-16(8-17,3-5-17)9-23-12-6-11(21)10(18)7-22-12/h6-7H,2-5,8-9H2,1H3,(H,22,23). The van der Waals surface area contributed by atoms with Crippen molar-refractivity contribution in [3.05, 3.63) is 33.4 Å². The number of halogens is 4. The van der Waals surface area contributed by atoms with E-state index in [2.05, 4.69) is 20.4 Å². The molecule has 0 atom stereocenters. The van der Waals surface area contributed by atoms with Crippen LogP contribution in [0.25, 0.3) is 0 Å². The Balaban J connectivity index is 1.47. The van der Waals surface area contributed by atoms with E-state index in [4.69, 9.17) is 4.52 Å². The fourth-order valence-electron chi connectivity index (χ4n) is 4.28. The molecule has 2 aliphatic rings. The van der Waals surface area contributed by atoms with E-state index in [-0.39, 0.29) is 16.6 Å². The normalized spacial score (nSPS) is 27.9. The third-order valence-electron chi connectivity index (χ3n) is 5.71. The zero-order valence-electron chi connectivity index (χ0n) is 14.2. The number of fused-ring (bicyclic) bond motifs is 2. The van der Waals surface area contributed by atoms with Crippen LogP contribution in [0.4, 0.5) is 19.0 Å². The summed E-state index contributed by atoms with van der Waals surface area (Å²) in [4.78, 5) is 8.07. The van der Waals surface area contributed by atoms with Gasteiger partial charge in [-0.2, -0.15) is 13.8 Å². The Morgan fingerprint density at radius 3 is 2.65 bits per heavy atom. The van der Waals surface area contributed by atoms with Crippen LogP contribution in [-0.4, -0.2) is 21.7 Å². The molecule has 0 radical (unpaired) electrons. The van der Waals surface area contributed by atoms with Crippen molar-refractivity contribution in [3.63, 3.8) is 0 Å². The maximum atomic E-state index is 13.4. The molecule has 1 N–H and O–H groups in total. The summed E-state index contributed by atoms with van der Waals surface area (Å²) < 4.78 is 45.5. The van der Waals surface area contributed by atoms with Gasteiger partial charge in [0.15, 0.2) is 11.6 Å². The highest BCUT2D eigenvalue weighted by Gasteiger charge is 2.57. The topological polar surface area (TPSA) is 63.8 Å². The Bertz CT molecular complexity index is 828. The first kappa shape index (κ1) is 18.0. The second kappa shape index (κ2) is 6.07. The van der Waals surface area contributed by atoms with Gasteiger partial charge in [-0.1, -0.05) is 5.16 Å². The minimum atomic E-state index is -3.12. The van der Waals surface area contributed by atoms with Crippen molar-refractivity contribution in [3.8, 4) is 0 Å². The van der Waals surface area contributed by atoms with Crippen molar-refractivity contribution < 1.29 is 17.7 Å². The lowest BCUT2D eigenvalue weighted by Crippen LogP contribution is -2.25. The van der Waals surface area contributed by atoms with E-state index in [0.717, 1.165) is 39.0 Å². The number of hydrogen-bond donors (Lipinski definition) is 1. The predicted octanol–water partition coefficient (Wildman–Crippen LogP) is 4.63. The molecule has 9 heteroatoms. The second-order valence-corrected chi connectivity index (χ2v) is 8.77. The Labute approximate surface area is 162 Å². The highest BCUT2D eigenvalue weighted by atomic mass is 127. The Hall–Kier alpha value is -1.39. The van der Waals surface area contributed by atoms with Crippen molar-refractivity contribution in [1.29, 1.82) is 0 Å². The first-order chi connectivity index (χ1) is 12.2. The van der Waals surface area contributed by atoms with Crippen LogP contribution >= 0.6 is 22.6 Å². The summed E-state index contributed by atoms with van der Waals surface area (Å²) in [7, 11) is 0. The van der Waals surface area contributed by atoms with E-state index in [9.17, 15) is 13.2 Å². The summed E-state index contributed by atoms with van der Waals surface area (Å²) in [6.45, 7) is 1.47. The van der Waals surface area contributed by atoms with E-state index in [0.29, 0.717) is 21.8 Å². The molecule has 2 aliphatic carbocycles. The van der Waals surface area contributed by atoms with Crippen molar-refractivity contribution in [2.24, 2.45) is 5.41 Å². The molecule has 0 amide bonds. The molecule has 0 unspecified atom stereocenters. The number of rotatable bonds is 5. The fraction of sp³-hybridized carbons (Fsp3) is 0.588. The third kappa shape index (κ3) is 3.07. The number of anilines is 1. The van der Waals surface area contributed by atoms with E-state index in [1.54, 1.807) is 6.07 Å². The number of pyridine rings is 1. The molecule has 2 aromatic rings. The maximum Gasteiger partial charge on any atom is 0.322 e. The lowest BCUT2D eigenvalue weighted by molar-refractivity contribution is -0.0158.